The smallest absolute Gasteiger partial charge is 0.274 e. The van der Waals surface area contributed by atoms with E-state index >= 15 is 0 Å². The van der Waals surface area contributed by atoms with Crippen LogP contribution in [0.1, 0.15) is 36.7 Å². The highest BCUT2D eigenvalue weighted by Crippen LogP contribution is 2.46. The molecule has 32 heavy (non-hydrogen) atoms. The van der Waals surface area contributed by atoms with Crippen LogP contribution in [0.2, 0.25) is 0 Å². The number of nitrogens with one attached hydrogen (secondary N) is 2. The molecule has 3 aliphatic rings. The van der Waals surface area contributed by atoms with Gasteiger partial charge in [-0.25, -0.2) is 9.97 Å². The predicted octanol–water partition coefficient (Wildman–Crippen LogP) is 2.11. The van der Waals surface area contributed by atoms with Crippen LogP contribution in [0.25, 0.3) is 11.3 Å². The number of likely N-dealkylation sites (N-methyl/N-ethyl adjacent to an activating group) is 1. The molecule has 2 aromatic rings. The molecule has 4 heterocycles. The first-order chi connectivity index (χ1) is 15.5. The van der Waals surface area contributed by atoms with Crippen molar-refractivity contribution in [2.75, 3.05) is 39.8 Å². The number of amides is 1. The Morgan fingerprint density at radius 2 is 2.16 bits per heavy atom. The van der Waals surface area contributed by atoms with Crippen molar-refractivity contribution in [3.8, 4) is 22.9 Å². The lowest BCUT2D eigenvalue weighted by molar-refractivity contribution is -0.0498. The molecule has 1 saturated carbocycles. The van der Waals surface area contributed by atoms with Crippen LogP contribution in [0.5, 0.6) is 11.6 Å². The Labute approximate surface area is 188 Å². The average Bonchev–Trinajstić information content (AvgIpc) is 3.14. The summed E-state index contributed by atoms with van der Waals surface area (Å²) in [4.78, 5) is 24.6. The zero-order valence-electron chi connectivity index (χ0n) is 18.8. The topological polar surface area (TPSA) is 88.6 Å². The van der Waals surface area contributed by atoms with Crippen molar-refractivity contribution in [2.45, 2.75) is 38.3 Å². The van der Waals surface area contributed by atoms with Gasteiger partial charge in [0.1, 0.15) is 6.10 Å². The summed E-state index contributed by atoms with van der Waals surface area (Å²) in [7, 11) is 2.07. The molecule has 1 amide bonds. The Kier molecular flexibility index (Phi) is 5.73. The van der Waals surface area contributed by atoms with Gasteiger partial charge >= 0.3 is 0 Å². The van der Waals surface area contributed by atoms with E-state index in [0.717, 1.165) is 51.0 Å². The van der Waals surface area contributed by atoms with E-state index in [1.54, 1.807) is 6.20 Å². The molecule has 170 valence electrons. The molecule has 8 heteroatoms. The summed E-state index contributed by atoms with van der Waals surface area (Å²) in [6.07, 6.45) is 4.80. The van der Waals surface area contributed by atoms with E-state index in [0.29, 0.717) is 35.0 Å². The largest absolute Gasteiger partial charge is 0.488 e. The summed E-state index contributed by atoms with van der Waals surface area (Å²) in [5.41, 5.74) is 2.14. The monoisotopic (exact) mass is 437 g/mol. The first kappa shape index (κ1) is 21.2. The number of rotatable bonds is 7. The van der Waals surface area contributed by atoms with Crippen molar-refractivity contribution in [1.29, 1.82) is 0 Å². The number of ether oxygens (including phenoxy) is 2. The third-order valence-corrected chi connectivity index (χ3v) is 6.74. The number of carbonyl (C=O) groups excluding carboxylic acids is 1. The Hall–Kier alpha value is -2.71. The molecule has 0 bridgehead atoms. The quantitative estimate of drug-likeness (QED) is 0.686. The minimum Gasteiger partial charge on any atom is -0.488 e. The highest BCUT2D eigenvalue weighted by Gasteiger charge is 2.49. The lowest BCUT2D eigenvalue weighted by Gasteiger charge is -2.53. The average molecular weight is 438 g/mol. The molecular weight excluding hydrogens is 406 g/mol. The number of hydrogen-bond acceptors (Lipinski definition) is 7. The lowest BCUT2D eigenvalue weighted by atomic mass is 9.63. The molecule has 8 nitrogen and oxygen atoms in total. The van der Waals surface area contributed by atoms with E-state index < -0.39 is 0 Å². The van der Waals surface area contributed by atoms with Gasteiger partial charge in [0.05, 0.1) is 17.9 Å². The normalized spacial score (nSPS) is 22.2. The SMILES string of the molecule is CCOc1ncccc1-c1ccc(OC2CC3(CNC3)C2)c(C(=O)N[C@@H]2CCN(C)C2)n1. The summed E-state index contributed by atoms with van der Waals surface area (Å²) in [6.45, 7) is 6.38. The van der Waals surface area contributed by atoms with Gasteiger partial charge in [0.2, 0.25) is 5.88 Å². The van der Waals surface area contributed by atoms with Crippen LogP contribution in [0.15, 0.2) is 30.5 Å². The van der Waals surface area contributed by atoms with E-state index in [1.165, 1.54) is 0 Å². The van der Waals surface area contributed by atoms with E-state index in [2.05, 4.69) is 27.6 Å². The maximum atomic E-state index is 13.3. The summed E-state index contributed by atoms with van der Waals surface area (Å²) in [6, 6.07) is 7.63. The van der Waals surface area contributed by atoms with E-state index in [9.17, 15) is 4.79 Å². The molecule has 0 aromatic carbocycles. The predicted molar refractivity (Wildman–Crippen MR) is 121 cm³/mol. The van der Waals surface area contributed by atoms with Crippen LogP contribution in [0, 0.1) is 5.41 Å². The molecule has 2 aromatic heterocycles. The molecule has 2 N–H and O–H groups in total. The van der Waals surface area contributed by atoms with Crippen molar-refractivity contribution in [3.05, 3.63) is 36.2 Å². The molecule has 2 saturated heterocycles. The number of likely N-dealkylation sites (tertiary alicyclic amines) is 1. The van der Waals surface area contributed by atoms with Crippen molar-refractivity contribution in [2.24, 2.45) is 5.41 Å². The third-order valence-electron chi connectivity index (χ3n) is 6.74. The van der Waals surface area contributed by atoms with Gasteiger partial charge in [0.15, 0.2) is 11.4 Å². The van der Waals surface area contributed by atoms with Gasteiger partial charge in [-0.2, -0.15) is 0 Å². The standard InChI is InChI=1S/C24H31N5O3/c1-3-31-23-18(5-4-9-26-23)19-6-7-20(32-17-11-24(12-17)14-25-15-24)21(28-19)22(30)27-16-8-10-29(2)13-16/h4-7,9,16-17,25H,3,8,10-15H2,1-2H3,(H,27,30)/t16-/m1/s1. The lowest BCUT2D eigenvalue weighted by Crippen LogP contribution is -2.62. The molecule has 3 fully saturated rings. The van der Waals surface area contributed by atoms with Gasteiger partial charge in [0, 0.05) is 37.3 Å². The van der Waals surface area contributed by atoms with Gasteiger partial charge < -0.3 is 25.0 Å². The van der Waals surface area contributed by atoms with Crippen LogP contribution in [0.4, 0.5) is 0 Å². The number of carbonyl (C=O) groups is 1. The molecule has 1 aliphatic carbocycles. The number of aromatic nitrogens is 2. The second-order valence-corrected chi connectivity index (χ2v) is 9.31. The van der Waals surface area contributed by atoms with Crippen LogP contribution in [-0.4, -0.2) is 72.8 Å². The first-order valence-corrected chi connectivity index (χ1v) is 11.5. The summed E-state index contributed by atoms with van der Waals surface area (Å²) in [5.74, 6) is 0.869. The Bertz CT molecular complexity index is 985. The van der Waals surface area contributed by atoms with Crippen molar-refractivity contribution in [3.63, 3.8) is 0 Å². The van der Waals surface area contributed by atoms with Crippen LogP contribution in [0.3, 0.4) is 0 Å². The molecule has 2 aliphatic heterocycles. The molecule has 1 spiro atoms. The Morgan fingerprint density at radius 1 is 1.31 bits per heavy atom. The van der Waals surface area contributed by atoms with Crippen LogP contribution >= 0.6 is 0 Å². The first-order valence-electron chi connectivity index (χ1n) is 11.5. The molecule has 1 atom stereocenters. The minimum atomic E-state index is -0.191. The van der Waals surface area contributed by atoms with Crippen molar-refractivity contribution >= 4 is 5.91 Å². The summed E-state index contributed by atoms with van der Waals surface area (Å²) in [5, 5.41) is 6.50. The summed E-state index contributed by atoms with van der Waals surface area (Å²) < 4.78 is 12.0. The number of hydrogen-bond donors (Lipinski definition) is 2. The number of nitrogens with zero attached hydrogens (tertiary/aromatic N) is 3. The van der Waals surface area contributed by atoms with Crippen molar-refractivity contribution in [1.82, 2.24) is 25.5 Å². The fourth-order valence-electron chi connectivity index (χ4n) is 4.93. The molecule has 0 unspecified atom stereocenters. The second kappa shape index (κ2) is 8.67. The van der Waals surface area contributed by atoms with E-state index in [4.69, 9.17) is 14.5 Å². The van der Waals surface area contributed by atoms with E-state index in [-0.39, 0.29) is 18.1 Å². The highest BCUT2D eigenvalue weighted by atomic mass is 16.5. The summed E-state index contributed by atoms with van der Waals surface area (Å²) >= 11 is 0. The van der Waals surface area contributed by atoms with Crippen LogP contribution < -0.4 is 20.1 Å². The molecular formula is C24H31N5O3. The zero-order chi connectivity index (χ0) is 22.1. The maximum absolute atomic E-state index is 13.3. The van der Waals surface area contributed by atoms with Gasteiger partial charge in [-0.3, -0.25) is 4.79 Å². The fraction of sp³-hybridized carbons (Fsp3) is 0.542. The molecule has 5 rings (SSSR count). The van der Waals surface area contributed by atoms with Gasteiger partial charge in [-0.05, 0) is 64.0 Å². The molecule has 0 radical (unpaired) electrons. The number of pyridine rings is 2. The minimum absolute atomic E-state index is 0.121. The van der Waals surface area contributed by atoms with E-state index in [1.807, 2.05) is 31.2 Å². The zero-order valence-corrected chi connectivity index (χ0v) is 18.8. The fourth-order valence-corrected chi connectivity index (χ4v) is 4.93. The maximum Gasteiger partial charge on any atom is 0.274 e. The second-order valence-electron chi connectivity index (χ2n) is 9.31. The third kappa shape index (κ3) is 4.17. The Balaban J connectivity index is 1.41. The Morgan fingerprint density at radius 3 is 2.84 bits per heavy atom. The van der Waals surface area contributed by atoms with Crippen molar-refractivity contribution < 1.29 is 14.3 Å². The van der Waals surface area contributed by atoms with Gasteiger partial charge in [-0.15, -0.1) is 0 Å². The van der Waals surface area contributed by atoms with Gasteiger partial charge in [-0.1, -0.05) is 0 Å². The highest BCUT2D eigenvalue weighted by molar-refractivity contribution is 5.96. The van der Waals surface area contributed by atoms with Gasteiger partial charge in [0.25, 0.3) is 5.91 Å². The van der Waals surface area contributed by atoms with Crippen LogP contribution in [-0.2, 0) is 0 Å².